The lowest BCUT2D eigenvalue weighted by molar-refractivity contribution is 0.0977. The Morgan fingerprint density at radius 3 is 2.90 bits per heavy atom. The van der Waals surface area contributed by atoms with Crippen LogP contribution in [0, 0.1) is 5.82 Å². The van der Waals surface area contributed by atoms with Gasteiger partial charge in [0.25, 0.3) is 5.91 Å². The van der Waals surface area contributed by atoms with Gasteiger partial charge in [0.2, 0.25) is 5.76 Å². The van der Waals surface area contributed by atoms with E-state index in [0.717, 1.165) is 0 Å². The summed E-state index contributed by atoms with van der Waals surface area (Å²) in [4.78, 5) is 15.5. The molecule has 0 radical (unpaired) electrons. The molecule has 0 bridgehead atoms. The van der Waals surface area contributed by atoms with Crippen molar-refractivity contribution in [1.82, 2.24) is 4.98 Å². The van der Waals surface area contributed by atoms with Crippen LogP contribution in [0.4, 0.5) is 15.8 Å². The Hall–Kier alpha value is -2.41. The van der Waals surface area contributed by atoms with E-state index in [2.05, 4.69) is 26.2 Å². The van der Waals surface area contributed by atoms with E-state index >= 15 is 0 Å². The Balaban J connectivity index is 2.14. The molecule has 0 aliphatic heterocycles. The summed E-state index contributed by atoms with van der Waals surface area (Å²) in [6.07, 6.45) is 3.05. The second kappa shape index (κ2) is 5.17. The molecule has 0 spiro atoms. The summed E-state index contributed by atoms with van der Waals surface area (Å²) >= 11 is 3.18. The van der Waals surface area contributed by atoms with E-state index in [9.17, 15) is 9.18 Å². The summed E-state index contributed by atoms with van der Waals surface area (Å²) < 4.78 is 19.9. The van der Waals surface area contributed by atoms with Gasteiger partial charge in [-0.1, -0.05) is 15.9 Å². The van der Waals surface area contributed by atoms with Gasteiger partial charge in [-0.05, 0) is 24.3 Å². The number of carbonyl (C=O) groups is 1. The van der Waals surface area contributed by atoms with Crippen LogP contribution in [0.1, 0.15) is 10.6 Å². The van der Waals surface area contributed by atoms with Gasteiger partial charge < -0.3 is 15.5 Å². The van der Waals surface area contributed by atoms with E-state index in [-0.39, 0.29) is 11.4 Å². The predicted molar refractivity (Wildman–Crippen MR) is 79.9 cm³/mol. The SMILES string of the molecule is NC(=O)c1oc2ccncc2c1Nc1ccc(Br)cc1F. The Kier molecular flexibility index (Phi) is 3.34. The van der Waals surface area contributed by atoms with E-state index in [1.54, 1.807) is 18.2 Å². The zero-order valence-electron chi connectivity index (χ0n) is 10.6. The molecule has 5 nitrogen and oxygen atoms in total. The van der Waals surface area contributed by atoms with Crippen molar-refractivity contribution < 1.29 is 13.6 Å². The number of halogens is 2. The summed E-state index contributed by atoms with van der Waals surface area (Å²) in [7, 11) is 0. The Bertz CT molecular complexity index is 847. The fraction of sp³-hybridized carbons (Fsp3) is 0. The lowest BCUT2D eigenvalue weighted by Crippen LogP contribution is -2.11. The molecule has 0 fully saturated rings. The highest BCUT2D eigenvalue weighted by Gasteiger charge is 2.19. The summed E-state index contributed by atoms with van der Waals surface area (Å²) in [5.74, 6) is -1.29. The van der Waals surface area contributed by atoms with Crippen molar-refractivity contribution in [2.75, 3.05) is 5.32 Å². The smallest absolute Gasteiger partial charge is 0.286 e. The average Bonchev–Trinajstić information content (AvgIpc) is 2.81. The number of amides is 1. The molecule has 0 saturated heterocycles. The second-order valence-electron chi connectivity index (χ2n) is 4.29. The molecule has 0 atom stereocenters. The molecule has 2 heterocycles. The number of nitrogens with zero attached hydrogens (tertiary/aromatic N) is 1. The maximum absolute atomic E-state index is 13.9. The number of nitrogens with one attached hydrogen (secondary N) is 1. The fourth-order valence-corrected chi connectivity index (χ4v) is 2.30. The largest absolute Gasteiger partial charge is 0.448 e. The molecule has 0 unspecified atom stereocenters. The van der Waals surface area contributed by atoms with Crippen molar-refractivity contribution in [3.8, 4) is 0 Å². The predicted octanol–water partition coefficient (Wildman–Crippen LogP) is 3.57. The number of fused-ring (bicyclic) bond motifs is 1. The third kappa shape index (κ3) is 2.47. The first kappa shape index (κ1) is 13.6. The number of pyridine rings is 1. The monoisotopic (exact) mass is 349 g/mol. The van der Waals surface area contributed by atoms with E-state index in [4.69, 9.17) is 10.2 Å². The molecule has 3 aromatic rings. The molecular weight excluding hydrogens is 341 g/mol. The van der Waals surface area contributed by atoms with Crippen LogP contribution in [0.5, 0.6) is 0 Å². The number of rotatable bonds is 3. The number of anilines is 2. The number of hydrogen-bond acceptors (Lipinski definition) is 4. The quantitative estimate of drug-likeness (QED) is 0.757. The minimum absolute atomic E-state index is 0.0691. The van der Waals surface area contributed by atoms with E-state index in [0.29, 0.717) is 21.1 Å². The Morgan fingerprint density at radius 1 is 1.38 bits per heavy atom. The van der Waals surface area contributed by atoms with E-state index in [1.165, 1.54) is 18.5 Å². The molecule has 3 N–H and O–H groups in total. The van der Waals surface area contributed by atoms with Gasteiger partial charge in [-0.15, -0.1) is 0 Å². The van der Waals surface area contributed by atoms with Gasteiger partial charge in [0.1, 0.15) is 17.1 Å². The van der Waals surface area contributed by atoms with Crippen LogP contribution >= 0.6 is 15.9 Å². The van der Waals surface area contributed by atoms with Crippen LogP contribution < -0.4 is 11.1 Å². The number of nitrogens with two attached hydrogens (primary N) is 1. The molecule has 3 rings (SSSR count). The van der Waals surface area contributed by atoms with Gasteiger partial charge in [0, 0.05) is 16.9 Å². The number of furan rings is 1. The topological polar surface area (TPSA) is 81.2 Å². The van der Waals surface area contributed by atoms with Gasteiger partial charge >= 0.3 is 0 Å². The molecule has 0 aliphatic rings. The number of carbonyl (C=O) groups excluding carboxylic acids is 1. The van der Waals surface area contributed by atoms with Crippen LogP contribution in [-0.4, -0.2) is 10.9 Å². The zero-order chi connectivity index (χ0) is 15.0. The van der Waals surface area contributed by atoms with E-state index in [1.807, 2.05) is 0 Å². The lowest BCUT2D eigenvalue weighted by Gasteiger charge is -2.07. The average molecular weight is 350 g/mol. The minimum atomic E-state index is -0.744. The summed E-state index contributed by atoms with van der Waals surface area (Å²) in [6, 6.07) is 6.13. The molecule has 21 heavy (non-hydrogen) atoms. The van der Waals surface area contributed by atoms with Gasteiger partial charge in [0.05, 0.1) is 11.1 Å². The van der Waals surface area contributed by atoms with Crippen LogP contribution in [0.25, 0.3) is 11.0 Å². The highest BCUT2D eigenvalue weighted by atomic mass is 79.9. The molecule has 0 aliphatic carbocycles. The number of benzene rings is 1. The van der Waals surface area contributed by atoms with Crippen molar-refractivity contribution in [1.29, 1.82) is 0 Å². The normalized spacial score (nSPS) is 10.8. The lowest BCUT2D eigenvalue weighted by atomic mass is 10.2. The molecule has 2 aromatic heterocycles. The van der Waals surface area contributed by atoms with Crippen LogP contribution in [-0.2, 0) is 0 Å². The third-order valence-corrected chi connectivity index (χ3v) is 3.40. The van der Waals surface area contributed by atoms with Crippen LogP contribution in [0.15, 0.2) is 45.5 Å². The highest BCUT2D eigenvalue weighted by molar-refractivity contribution is 9.10. The van der Waals surface area contributed by atoms with Crippen LogP contribution in [0.3, 0.4) is 0 Å². The van der Waals surface area contributed by atoms with Crippen molar-refractivity contribution >= 4 is 44.2 Å². The van der Waals surface area contributed by atoms with Crippen molar-refractivity contribution in [2.45, 2.75) is 0 Å². The second-order valence-corrected chi connectivity index (χ2v) is 5.21. The maximum Gasteiger partial charge on any atom is 0.286 e. The Morgan fingerprint density at radius 2 is 2.19 bits per heavy atom. The first-order valence-corrected chi connectivity index (χ1v) is 6.74. The van der Waals surface area contributed by atoms with Gasteiger partial charge in [-0.2, -0.15) is 0 Å². The first-order valence-electron chi connectivity index (χ1n) is 5.94. The maximum atomic E-state index is 13.9. The van der Waals surface area contributed by atoms with Gasteiger partial charge in [-0.25, -0.2) is 4.39 Å². The number of hydrogen-bond donors (Lipinski definition) is 2. The third-order valence-electron chi connectivity index (χ3n) is 2.90. The number of primary amides is 1. The van der Waals surface area contributed by atoms with Crippen molar-refractivity contribution in [3.05, 3.63) is 52.7 Å². The highest BCUT2D eigenvalue weighted by Crippen LogP contribution is 2.33. The van der Waals surface area contributed by atoms with Crippen molar-refractivity contribution in [3.63, 3.8) is 0 Å². The summed E-state index contributed by atoms with van der Waals surface area (Å²) in [6.45, 7) is 0. The van der Waals surface area contributed by atoms with Gasteiger partial charge in [-0.3, -0.25) is 9.78 Å². The molecule has 7 heteroatoms. The Labute approximate surface area is 127 Å². The molecule has 1 aromatic carbocycles. The first-order chi connectivity index (χ1) is 10.1. The number of aromatic nitrogens is 1. The minimum Gasteiger partial charge on any atom is -0.448 e. The van der Waals surface area contributed by atoms with Crippen molar-refractivity contribution in [2.24, 2.45) is 5.73 Å². The molecule has 0 saturated carbocycles. The van der Waals surface area contributed by atoms with Gasteiger partial charge in [0.15, 0.2) is 0 Å². The molecule has 1 amide bonds. The molecular formula is C14H9BrFN3O2. The van der Waals surface area contributed by atoms with E-state index < -0.39 is 11.7 Å². The fourth-order valence-electron chi connectivity index (χ4n) is 1.96. The summed E-state index contributed by atoms with van der Waals surface area (Å²) in [5, 5.41) is 3.39. The summed E-state index contributed by atoms with van der Waals surface area (Å²) in [5.41, 5.74) is 6.24. The molecule has 106 valence electrons. The standard InChI is InChI=1S/C14H9BrFN3O2/c15-7-1-2-10(9(16)5-7)19-12-8-6-18-4-3-11(8)21-13(12)14(17)20/h1-6,19H,(H2,17,20). The zero-order valence-corrected chi connectivity index (χ0v) is 12.1. The van der Waals surface area contributed by atoms with Crippen LogP contribution in [0.2, 0.25) is 0 Å².